The number of nitrogens with zero attached hydrogens (tertiary/aromatic N) is 4. The lowest BCUT2D eigenvalue weighted by Gasteiger charge is -2.25. The highest BCUT2D eigenvalue weighted by atomic mass is 19.3. The predicted octanol–water partition coefficient (Wildman–Crippen LogP) is 2.56. The average Bonchev–Trinajstić information content (AvgIpc) is 2.67. The molecule has 148 valence electrons. The minimum Gasteiger partial charge on any atom is -0.480 e. The Morgan fingerprint density at radius 3 is 2.33 bits per heavy atom. The molecule has 11 heteroatoms. The molecule has 2 rings (SSSR count). The van der Waals surface area contributed by atoms with Crippen molar-refractivity contribution in [2.45, 2.75) is 26.0 Å². The second-order valence-corrected chi connectivity index (χ2v) is 5.58. The summed E-state index contributed by atoms with van der Waals surface area (Å²) in [5, 5.41) is 19.2. The Balaban J connectivity index is 0.000000387. The van der Waals surface area contributed by atoms with Crippen molar-refractivity contribution < 1.29 is 27.9 Å². The lowest BCUT2D eigenvalue weighted by Crippen LogP contribution is -2.34. The first-order valence-corrected chi connectivity index (χ1v) is 7.78. The summed E-state index contributed by atoms with van der Waals surface area (Å²) in [6.45, 7) is 1.60. The molecule has 1 aromatic carbocycles. The number of aliphatic carboxylic acids is 1. The fourth-order valence-corrected chi connectivity index (χ4v) is 1.58. The molecular formula is C16H20F3N5O3. The maximum atomic E-state index is 13.1. The van der Waals surface area contributed by atoms with Crippen molar-refractivity contribution >= 4 is 17.5 Å². The Bertz CT molecular complexity index is 653. The summed E-state index contributed by atoms with van der Waals surface area (Å²) in [4.78, 5) is 14.4. The third-order valence-electron chi connectivity index (χ3n) is 3.07. The Kier molecular flexibility index (Phi) is 8.56. The van der Waals surface area contributed by atoms with Crippen LogP contribution in [0.25, 0.3) is 0 Å². The zero-order valence-electron chi connectivity index (χ0n) is 14.7. The first-order chi connectivity index (χ1) is 12.7. The quantitative estimate of drug-likeness (QED) is 0.697. The van der Waals surface area contributed by atoms with Crippen LogP contribution in [0.5, 0.6) is 0 Å². The zero-order chi connectivity index (χ0) is 20.4. The van der Waals surface area contributed by atoms with Gasteiger partial charge in [0.25, 0.3) is 0 Å². The van der Waals surface area contributed by atoms with Gasteiger partial charge >= 0.3 is 12.1 Å². The molecule has 0 radical (unpaired) electrons. The van der Waals surface area contributed by atoms with E-state index in [1.54, 1.807) is 32.0 Å². The van der Waals surface area contributed by atoms with Gasteiger partial charge in [0.2, 0.25) is 0 Å². The van der Waals surface area contributed by atoms with E-state index in [4.69, 9.17) is 10.8 Å². The van der Waals surface area contributed by atoms with E-state index in [0.717, 1.165) is 0 Å². The number of carboxylic acids is 1. The van der Waals surface area contributed by atoms with Gasteiger partial charge in [0.1, 0.15) is 6.04 Å². The molecule has 0 fully saturated rings. The minimum absolute atomic E-state index is 0.0208. The second kappa shape index (κ2) is 10.4. The Labute approximate surface area is 153 Å². The molecule has 3 N–H and O–H groups in total. The zero-order valence-corrected chi connectivity index (χ0v) is 14.7. The first-order valence-electron chi connectivity index (χ1n) is 7.78. The summed E-state index contributed by atoms with van der Waals surface area (Å²) in [6.07, 6.45) is -2.70. The third-order valence-corrected chi connectivity index (χ3v) is 3.07. The molecule has 0 aliphatic heterocycles. The molecule has 2 aromatic rings. The molecule has 0 saturated heterocycles. The normalized spacial score (nSPS) is 12.1. The largest absolute Gasteiger partial charge is 0.480 e. The van der Waals surface area contributed by atoms with Gasteiger partial charge in [-0.25, -0.2) is 4.39 Å². The van der Waals surface area contributed by atoms with Gasteiger partial charge in [-0.05, 0) is 23.3 Å². The van der Waals surface area contributed by atoms with Crippen LogP contribution in [0.2, 0.25) is 0 Å². The predicted molar refractivity (Wildman–Crippen MR) is 90.9 cm³/mol. The van der Waals surface area contributed by atoms with E-state index in [9.17, 15) is 18.0 Å². The maximum Gasteiger partial charge on any atom is 0.403 e. The number of hydrogen-bond donors (Lipinski definition) is 2. The molecule has 0 amide bonds. The topological polar surface area (TPSA) is 114 Å². The fraction of sp³-hybridized carbons (Fsp3) is 0.375. The minimum atomic E-state index is -3.96. The number of rotatable bonds is 7. The Morgan fingerprint density at radius 1 is 1.30 bits per heavy atom. The van der Waals surface area contributed by atoms with Crippen LogP contribution in [0.4, 0.5) is 24.7 Å². The van der Waals surface area contributed by atoms with Gasteiger partial charge in [-0.1, -0.05) is 32.0 Å². The van der Waals surface area contributed by atoms with Gasteiger partial charge in [0.05, 0.1) is 11.9 Å². The molecule has 0 saturated carbocycles. The molecule has 0 bridgehead atoms. The number of alkyl halides is 3. The molecule has 1 heterocycles. The summed E-state index contributed by atoms with van der Waals surface area (Å²) >= 11 is 0. The van der Waals surface area contributed by atoms with Gasteiger partial charge in [-0.3, -0.25) is 4.79 Å². The highest BCUT2D eigenvalue weighted by Crippen LogP contribution is 2.28. The van der Waals surface area contributed by atoms with Crippen molar-refractivity contribution in [2.75, 3.05) is 11.7 Å². The standard InChI is InChI=1S/C11H9F3N4O.C5H11NO2/c12-8-11(13,14)19-18(9-4-2-1-3-5-9)10-6-7-15-17-16-10;1-3(2)4(6)5(7)8/h1-7H,8H2;3-4H,6H2,1-2H3,(H,7,8)/t;4-/m.0/s1. The van der Waals surface area contributed by atoms with Crippen LogP contribution in [0, 0.1) is 5.92 Å². The van der Waals surface area contributed by atoms with E-state index in [1.165, 1.54) is 24.4 Å². The van der Waals surface area contributed by atoms with Crippen LogP contribution in [-0.4, -0.2) is 45.3 Å². The summed E-state index contributed by atoms with van der Waals surface area (Å²) in [7, 11) is 0. The van der Waals surface area contributed by atoms with Crippen LogP contribution in [0.1, 0.15) is 13.8 Å². The van der Waals surface area contributed by atoms with Crippen LogP contribution in [-0.2, 0) is 9.63 Å². The maximum absolute atomic E-state index is 13.1. The van der Waals surface area contributed by atoms with E-state index in [-0.39, 0.29) is 17.4 Å². The van der Waals surface area contributed by atoms with E-state index in [2.05, 4.69) is 20.2 Å². The highest BCUT2D eigenvalue weighted by Gasteiger charge is 2.35. The smallest absolute Gasteiger partial charge is 0.403 e. The van der Waals surface area contributed by atoms with Crippen LogP contribution in [0.3, 0.4) is 0 Å². The lowest BCUT2D eigenvalue weighted by molar-refractivity contribution is -0.247. The molecule has 1 aromatic heterocycles. The number of nitrogens with two attached hydrogens (primary N) is 1. The number of anilines is 2. The van der Waals surface area contributed by atoms with Crippen molar-refractivity contribution in [1.29, 1.82) is 0 Å². The molecule has 0 aliphatic carbocycles. The second-order valence-electron chi connectivity index (χ2n) is 5.58. The number of aromatic nitrogens is 3. The molecule has 0 aliphatic rings. The fourth-order valence-electron chi connectivity index (χ4n) is 1.58. The Hall–Kier alpha value is -2.79. The van der Waals surface area contributed by atoms with Crippen molar-refractivity contribution in [3.63, 3.8) is 0 Å². The molecule has 8 nitrogen and oxygen atoms in total. The molecule has 0 spiro atoms. The van der Waals surface area contributed by atoms with Gasteiger partial charge in [-0.2, -0.15) is 18.7 Å². The van der Waals surface area contributed by atoms with E-state index < -0.39 is 24.8 Å². The highest BCUT2D eigenvalue weighted by molar-refractivity contribution is 5.73. The molecular weight excluding hydrogens is 367 g/mol. The van der Waals surface area contributed by atoms with Gasteiger partial charge in [0.15, 0.2) is 12.5 Å². The SMILES string of the molecule is CC(C)[C@H](N)C(=O)O.FCC(F)(F)ON(c1ccccc1)c1ccnnn1. The van der Waals surface area contributed by atoms with Crippen molar-refractivity contribution in [3.05, 3.63) is 42.6 Å². The van der Waals surface area contributed by atoms with Gasteiger partial charge < -0.3 is 10.8 Å². The number of benzene rings is 1. The van der Waals surface area contributed by atoms with Gasteiger partial charge in [-0.15, -0.1) is 10.2 Å². The molecule has 1 atom stereocenters. The van der Waals surface area contributed by atoms with E-state index in [1.807, 2.05) is 0 Å². The van der Waals surface area contributed by atoms with Gasteiger partial charge in [0, 0.05) is 6.07 Å². The van der Waals surface area contributed by atoms with Crippen LogP contribution in [0.15, 0.2) is 42.6 Å². The van der Waals surface area contributed by atoms with Crippen molar-refractivity contribution in [1.82, 2.24) is 15.4 Å². The summed E-state index contributed by atoms with van der Waals surface area (Å²) in [5.74, 6) is -0.943. The first kappa shape index (κ1) is 22.3. The third kappa shape index (κ3) is 7.54. The monoisotopic (exact) mass is 387 g/mol. The molecule has 0 unspecified atom stereocenters. The van der Waals surface area contributed by atoms with Crippen LogP contribution >= 0.6 is 0 Å². The van der Waals surface area contributed by atoms with Crippen LogP contribution < -0.4 is 10.8 Å². The number of carbonyl (C=O) groups is 1. The number of hydrogen-bond acceptors (Lipinski definition) is 7. The number of halogens is 3. The van der Waals surface area contributed by atoms with E-state index >= 15 is 0 Å². The summed E-state index contributed by atoms with van der Waals surface area (Å²) in [5.41, 5.74) is 5.42. The van der Waals surface area contributed by atoms with Crippen molar-refractivity contribution in [2.24, 2.45) is 11.7 Å². The van der Waals surface area contributed by atoms with Crippen molar-refractivity contribution in [3.8, 4) is 0 Å². The molecule has 27 heavy (non-hydrogen) atoms. The lowest BCUT2D eigenvalue weighted by atomic mass is 10.1. The number of para-hydroxylation sites is 1. The summed E-state index contributed by atoms with van der Waals surface area (Å²) in [6, 6.07) is 8.56. The Morgan fingerprint density at radius 2 is 1.93 bits per heavy atom. The average molecular weight is 387 g/mol. The number of carboxylic acid groups (broad SMARTS) is 1. The van der Waals surface area contributed by atoms with E-state index in [0.29, 0.717) is 5.06 Å². The summed E-state index contributed by atoms with van der Waals surface area (Å²) < 4.78 is 38.4.